The third-order valence-corrected chi connectivity index (χ3v) is 10.3. The molecule has 1 saturated carbocycles. The standard InChI is InChI=1S/C47H53BrO6/c48-30-18-1-2-19-31-49-42-43(50-32-37-20-8-3-9-21-37)45(52-34-39-24-12-5-13-25-39)47(54-36-41-28-16-7-17-29-41)46(53-35-40-26-14-6-15-27-40)44(42)51-33-38-22-10-4-11-23-38/h3-17,20-29,42-47H,1-2,18-19,30-36H2/t42-,43+,44-,45-,46+,47+. The Bertz CT molecular complexity index is 1600. The molecule has 0 bridgehead atoms. The SMILES string of the molecule is BrCCCCCCO[C@H]1[C@@H](OCc2ccccc2)[C@H](OCc2ccccc2)[C@@H](OCc2ccccc2)[C@H](OCc2ccccc2)[C@H]1OCc1ccccc1. The highest BCUT2D eigenvalue weighted by atomic mass is 79.9. The molecule has 0 amide bonds. The van der Waals surface area contributed by atoms with Gasteiger partial charge in [0.2, 0.25) is 0 Å². The van der Waals surface area contributed by atoms with Gasteiger partial charge in [-0.15, -0.1) is 0 Å². The van der Waals surface area contributed by atoms with Gasteiger partial charge in [0, 0.05) is 11.9 Å². The summed E-state index contributed by atoms with van der Waals surface area (Å²) in [5.74, 6) is 0. The maximum atomic E-state index is 6.98. The van der Waals surface area contributed by atoms with Gasteiger partial charge in [-0.05, 0) is 40.7 Å². The van der Waals surface area contributed by atoms with Crippen molar-refractivity contribution in [1.29, 1.82) is 0 Å². The molecule has 6 rings (SSSR count). The molecule has 7 heteroatoms. The summed E-state index contributed by atoms with van der Waals surface area (Å²) in [6, 6.07) is 51.3. The molecule has 0 unspecified atom stereocenters. The molecule has 1 fully saturated rings. The van der Waals surface area contributed by atoms with Gasteiger partial charge in [0.25, 0.3) is 0 Å². The summed E-state index contributed by atoms with van der Waals surface area (Å²) in [6.07, 6.45) is 1.06. The molecule has 0 heterocycles. The van der Waals surface area contributed by atoms with E-state index in [1.165, 1.54) is 0 Å². The van der Waals surface area contributed by atoms with E-state index in [0.717, 1.165) is 58.8 Å². The summed E-state index contributed by atoms with van der Waals surface area (Å²) in [4.78, 5) is 0. The lowest BCUT2D eigenvalue weighted by atomic mass is 9.83. The van der Waals surface area contributed by atoms with Crippen LogP contribution in [0.5, 0.6) is 0 Å². The molecule has 5 aromatic rings. The van der Waals surface area contributed by atoms with Crippen LogP contribution in [0.4, 0.5) is 0 Å². The fraction of sp³-hybridized carbons (Fsp3) is 0.362. The summed E-state index contributed by atoms with van der Waals surface area (Å²) in [6.45, 7) is 2.46. The first-order valence-electron chi connectivity index (χ1n) is 19.2. The van der Waals surface area contributed by atoms with E-state index in [-0.39, 0.29) is 0 Å². The van der Waals surface area contributed by atoms with E-state index in [9.17, 15) is 0 Å². The number of hydrogen-bond donors (Lipinski definition) is 0. The minimum atomic E-state index is -0.557. The average Bonchev–Trinajstić information content (AvgIpc) is 3.23. The van der Waals surface area contributed by atoms with Gasteiger partial charge >= 0.3 is 0 Å². The molecule has 0 N–H and O–H groups in total. The Kier molecular flexibility index (Phi) is 16.8. The first-order valence-corrected chi connectivity index (χ1v) is 20.4. The second kappa shape index (κ2) is 22.7. The summed E-state index contributed by atoms with van der Waals surface area (Å²) >= 11 is 3.58. The highest BCUT2D eigenvalue weighted by molar-refractivity contribution is 9.09. The van der Waals surface area contributed by atoms with E-state index < -0.39 is 36.6 Å². The Labute approximate surface area is 329 Å². The van der Waals surface area contributed by atoms with Gasteiger partial charge in [0.15, 0.2) is 0 Å². The second-order valence-electron chi connectivity index (χ2n) is 13.7. The zero-order valence-corrected chi connectivity index (χ0v) is 32.6. The summed E-state index contributed by atoms with van der Waals surface area (Å²) in [5.41, 5.74) is 5.33. The van der Waals surface area contributed by atoms with Crippen molar-refractivity contribution < 1.29 is 28.4 Å². The van der Waals surface area contributed by atoms with Gasteiger partial charge in [-0.3, -0.25) is 0 Å². The van der Waals surface area contributed by atoms with Gasteiger partial charge in [-0.1, -0.05) is 180 Å². The van der Waals surface area contributed by atoms with E-state index in [1.54, 1.807) is 0 Å². The van der Waals surface area contributed by atoms with Crippen molar-refractivity contribution in [2.24, 2.45) is 0 Å². The highest BCUT2D eigenvalue weighted by Gasteiger charge is 2.55. The predicted octanol–water partition coefficient (Wildman–Crippen LogP) is 10.3. The highest BCUT2D eigenvalue weighted by Crippen LogP contribution is 2.36. The van der Waals surface area contributed by atoms with Crippen molar-refractivity contribution in [3.63, 3.8) is 0 Å². The quantitative estimate of drug-likeness (QED) is 0.0514. The molecule has 0 aromatic heterocycles. The molecule has 54 heavy (non-hydrogen) atoms. The zero-order chi connectivity index (χ0) is 37.0. The van der Waals surface area contributed by atoms with Crippen LogP contribution in [-0.2, 0) is 61.5 Å². The van der Waals surface area contributed by atoms with Crippen LogP contribution < -0.4 is 0 Å². The molecule has 0 saturated heterocycles. The second-order valence-corrected chi connectivity index (χ2v) is 14.5. The lowest BCUT2D eigenvalue weighted by Gasteiger charge is -2.50. The lowest BCUT2D eigenvalue weighted by Crippen LogP contribution is -2.67. The molecule has 6 atom stereocenters. The van der Waals surface area contributed by atoms with E-state index in [2.05, 4.69) is 76.6 Å². The summed E-state index contributed by atoms with van der Waals surface area (Å²) in [5, 5.41) is 1.01. The van der Waals surface area contributed by atoms with Crippen LogP contribution in [0.15, 0.2) is 152 Å². The number of alkyl halides is 1. The minimum Gasteiger partial charge on any atom is -0.373 e. The molecule has 0 spiro atoms. The zero-order valence-electron chi connectivity index (χ0n) is 31.0. The van der Waals surface area contributed by atoms with E-state index >= 15 is 0 Å². The van der Waals surface area contributed by atoms with Gasteiger partial charge in [-0.25, -0.2) is 0 Å². The average molecular weight is 794 g/mol. The first-order chi connectivity index (χ1) is 26.8. The number of halogens is 1. The Morgan fingerprint density at radius 1 is 0.296 bits per heavy atom. The lowest BCUT2D eigenvalue weighted by molar-refractivity contribution is -0.290. The molecular formula is C47H53BrO6. The van der Waals surface area contributed by atoms with Crippen LogP contribution in [0.3, 0.4) is 0 Å². The van der Waals surface area contributed by atoms with Crippen LogP contribution in [-0.4, -0.2) is 48.6 Å². The number of benzene rings is 5. The van der Waals surface area contributed by atoms with Crippen molar-refractivity contribution in [3.8, 4) is 0 Å². The Morgan fingerprint density at radius 3 is 0.796 bits per heavy atom. The Balaban J connectivity index is 1.39. The van der Waals surface area contributed by atoms with E-state index in [0.29, 0.717) is 39.6 Å². The number of ether oxygens (including phenoxy) is 6. The molecule has 0 aliphatic heterocycles. The van der Waals surface area contributed by atoms with Gasteiger partial charge in [-0.2, -0.15) is 0 Å². The molecule has 284 valence electrons. The van der Waals surface area contributed by atoms with Crippen molar-refractivity contribution in [3.05, 3.63) is 179 Å². The fourth-order valence-electron chi connectivity index (χ4n) is 6.86. The normalized spacial score (nSPS) is 21.2. The third-order valence-electron chi connectivity index (χ3n) is 9.71. The van der Waals surface area contributed by atoms with Crippen LogP contribution in [0.25, 0.3) is 0 Å². The van der Waals surface area contributed by atoms with Crippen LogP contribution >= 0.6 is 15.9 Å². The monoisotopic (exact) mass is 792 g/mol. The maximum absolute atomic E-state index is 6.98. The topological polar surface area (TPSA) is 55.4 Å². The van der Waals surface area contributed by atoms with Gasteiger partial charge < -0.3 is 28.4 Å². The molecule has 0 radical (unpaired) electrons. The smallest absolute Gasteiger partial charge is 0.116 e. The van der Waals surface area contributed by atoms with Crippen LogP contribution in [0.2, 0.25) is 0 Å². The summed E-state index contributed by atoms with van der Waals surface area (Å²) < 4.78 is 41.9. The Hall–Kier alpha value is -3.66. The van der Waals surface area contributed by atoms with Crippen LogP contribution in [0.1, 0.15) is 53.5 Å². The Morgan fingerprint density at radius 2 is 0.537 bits per heavy atom. The van der Waals surface area contributed by atoms with Crippen molar-refractivity contribution in [1.82, 2.24) is 0 Å². The molecular weight excluding hydrogens is 740 g/mol. The number of unbranched alkanes of at least 4 members (excludes halogenated alkanes) is 3. The summed E-state index contributed by atoms with van der Waals surface area (Å²) in [7, 11) is 0. The van der Waals surface area contributed by atoms with E-state index in [4.69, 9.17) is 28.4 Å². The molecule has 1 aliphatic carbocycles. The van der Waals surface area contributed by atoms with Crippen molar-refractivity contribution in [2.75, 3.05) is 11.9 Å². The molecule has 6 nitrogen and oxygen atoms in total. The molecule has 1 aliphatic rings. The van der Waals surface area contributed by atoms with Gasteiger partial charge in [0.1, 0.15) is 36.6 Å². The fourth-order valence-corrected chi connectivity index (χ4v) is 7.26. The van der Waals surface area contributed by atoms with Crippen LogP contribution in [0, 0.1) is 0 Å². The number of rotatable bonds is 22. The minimum absolute atomic E-state index is 0.373. The van der Waals surface area contributed by atoms with E-state index in [1.807, 2.05) is 91.0 Å². The molecule has 5 aromatic carbocycles. The van der Waals surface area contributed by atoms with Gasteiger partial charge in [0.05, 0.1) is 33.0 Å². The predicted molar refractivity (Wildman–Crippen MR) is 217 cm³/mol. The largest absolute Gasteiger partial charge is 0.373 e. The third kappa shape index (κ3) is 12.4. The maximum Gasteiger partial charge on any atom is 0.116 e. The first kappa shape index (κ1) is 40.0. The van der Waals surface area contributed by atoms with Crippen molar-refractivity contribution in [2.45, 2.75) is 95.3 Å². The number of hydrogen-bond acceptors (Lipinski definition) is 6. The van der Waals surface area contributed by atoms with Crippen molar-refractivity contribution >= 4 is 15.9 Å².